The van der Waals surface area contributed by atoms with Gasteiger partial charge in [-0.3, -0.25) is 4.79 Å². The minimum absolute atomic E-state index is 0.0218. The fraction of sp³-hybridized carbons (Fsp3) is 0.0303. The Morgan fingerprint density at radius 1 is 0.617 bits per heavy atom. The van der Waals surface area contributed by atoms with Crippen LogP contribution in [0.4, 0.5) is 0 Å². The van der Waals surface area contributed by atoms with E-state index in [0.29, 0.717) is 5.76 Å². The number of hydrogen-bond acceptors (Lipinski definition) is 9. The summed E-state index contributed by atoms with van der Waals surface area (Å²) in [5.74, 6) is -5.20. The maximum atomic E-state index is 14.0. The molecular formula is C33H23NO12S. The third-order valence-electron chi connectivity index (χ3n) is 6.65. The van der Waals surface area contributed by atoms with Crippen molar-refractivity contribution in [1.82, 2.24) is 5.32 Å². The standard InChI is InChI=1S/C33H23NO12S/c35-30(34-18-21-6-5-15-44-21)22-13-11-19(16-24(22)32(38)39)45-26-7-1-3-9-28(26)47(42,43)29-10-4-2-8-27(29)46-20-12-14-23(31(36)37)25(17-20)33(40)41/h1-17H,18H2,(H,34,35)(H,36,37)(H,38,39)(H,40,41). The number of aromatic carboxylic acids is 3. The van der Waals surface area contributed by atoms with Gasteiger partial charge in [-0.1, -0.05) is 24.3 Å². The van der Waals surface area contributed by atoms with Gasteiger partial charge in [-0.25, -0.2) is 22.8 Å². The Hall–Kier alpha value is -6.41. The maximum absolute atomic E-state index is 14.0. The van der Waals surface area contributed by atoms with Crippen molar-refractivity contribution in [2.45, 2.75) is 16.3 Å². The fourth-order valence-corrected chi connectivity index (χ4v) is 5.97. The van der Waals surface area contributed by atoms with Crippen LogP contribution in [0, 0.1) is 0 Å². The molecule has 4 aromatic carbocycles. The van der Waals surface area contributed by atoms with E-state index in [1.165, 1.54) is 73.0 Å². The number of carboxylic acid groups (broad SMARTS) is 3. The smallest absolute Gasteiger partial charge is 0.336 e. The normalized spacial score (nSPS) is 11.0. The molecule has 0 unspecified atom stereocenters. The van der Waals surface area contributed by atoms with E-state index in [0.717, 1.165) is 18.2 Å². The van der Waals surface area contributed by atoms with Gasteiger partial charge in [-0.2, -0.15) is 0 Å². The number of furan rings is 1. The van der Waals surface area contributed by atoms with Crippen molar-refractivity contribution in [3.05, 3.63) is 131 Å². The number of carboxylic acids is 3. The van der Waals surface area contributed by atoms with E-state index in [-0.39, 0.29) is 44.9 Å². The molecule has 1 heterocycles. The van der Waals surface area contributed by atoms with Crippen molar-refractivity contribution in [3.63, 3.8) is 0 Å². The van der Waals surface area contributed by atoms with Gasteiger partial charge in [0.15, 0.2) is 0 Å². The predicted octanol–water partition coefficient (Wildman–Crippen LogP) is 5.72. The number of rotatable bonds is 12. The highest BCUT2D eigenvalue weighted by Crippen LogP contribution is 2.38. The molecule has 1 aromatic heterocycles. The average Bonchev–Trinajstić information content (AvgIpc) is 3.58. The van der Waals surface area contributed by atoms with E-state index in [1.807, 2.05) is 0 Å². The molecule has 0 fully saturated rings. The third-order valence-corrected chi connectivity index (χ3v) is 8.49. The van der Waals surface area contributed by atoms with Crippen LogP contribution in [0.25, 0.3) is 0 Å². The molecule has 0 aliphatic heterocycles. The van der Waals surface area contributed by atoms with Crippen LogP contribution in [-0.4, -0.2) is 47.6 Å². The van der Waals surface area contributed by atoms with Gasteiger partial charge < -0.3 is 34.5 Å². The lowest BCUT2D eigenvalue weighted by molar-refractivity contribution is 0.0651. The molecule has 0 saturated carbocycles. The highest BCUT2D eigenvalue weighted by molar-refractivity contribution is 7.91. The van der Waals surface area contributed by atoms with Gasteiger partial charge in [0, 0.05) is 0 Å². The van der Waals surface area contributed by atoms with E-state index in [9.17, 15) is 42.9 Å². The Balaban J connectivity index is 1.45. The minimum atomic E-state index is -4.42. The first-order valence-electron chi connectivity index (χ1n) is 13.5. The molecule has 0 spiro atoms. The number of nitrogens with one attached hydrogen (secondary N) is 1. The second-order valence-corrected chi connectivity index (χ2v) is 11.6. The molecule has 1 amide bonds. The van der Waals surface area contributed by atoms with Crippen LogP contribution in [0.2, 0.25) is 0 Å². The molecule has 47 heavy (non-hydrogen) atoms. The number of para-hydroxylation sites is 2. The Bertz CT molecular complexity index is 2120. The molecule has 5 aromatic rings. The number of amides is 1. The molecule has 0 aliphatic carbocycles. The molecule has 0 radical (unpaired) electrons. The van der Waals surface area contributed by atoms with E-state index in [4.69, 9.17) is 13.9 Å². The molecular weight excluding hydrogens is 634 g/mol. The summed E-state index contributed by atoms with van der Waals surface area (Å²) in [7, 11) is -4.42. The van der Waals surface area contributed by atoms with Crippen molar-refractivity contribution in [2.24, 2.45) is 0 Å². The molecule has 4 N–H and O–H groups in total. The summed E-state index contributed by atoms with van der Waals surface area (Å²) in [6, 6.07) is 21.2. The summed E-state index contributed by atoms with van der Waals surface area (Å²) in [5, 5.41) is 31.1. The van der Waals surface area contributed by atoms with Gasteiger partial charge in [0.1, 0.15) is 38.5 Å². The lowest BCUT2D eigenvalue weighted by Gasteiger charge is -2.16. The van der Waals surface area contributed by atoms with E-state index in [1.54, 1.807) is 12.1 Å². The third kappa shape index (κ3) is 6.97. The zero-order valence-electron chi connectivity index (χ0n) is 23.9. The molecule has 0 aliphatic rings. The van der Waals surface area contributed by atoms with Gasteiger partial charge in [0.25, 0.3) is 5.91 Å². The van der Waals surface area contributed by atoms with Crippen molar-refractivity contribution in [3.8, 4) is 23.0 Å². The summed E-state index contributed by atoms with van der Waals surface area (Å²) >= 11 is 0. The lowest BCUT2D eigenvalue weighted by Crippen LogP contribution is -2.24. The first-order valence-corrected chi connectivity index (χ1v) is 15.0. The first kappa shape index (κ1) is 32.0. The molecule has 0 saturated heterocycles. The van der Waals surface area contributed by atoms with Crippen molar-refractivity contribution in [2.75, 3.05) is 0 Å². The summed E-state index contributed by atoms with van der Waals surface area (Å²) in [6.07, 6.45) is 1.43. The van der Waals surface area contributed by atoms with E-state index >= 15 is 0 Å². The zero-order valence-corrected chi connectivity index (χ0v) is 24.8. The number of sulfone groups is 1. The van der Waals surface area contributed by atoms with Crippen LogP contribution in [0.15, 0.2) is 118 Å². The lowest BCUT2D eigenvalue weighted by atomic mass is 10.1. The monoisotopic (exact) mass is 657 g/mol. The predicted molar refractivity (Wildman–Crippen MR) is 162 cm³/mol. The maximum Gasteiger partial charge on any atom is 0.336 e. The van der Waals surface area contributed by atoms with Gasteiger partial charge in [-0.05, 0) is 72.8 Å². The summed E-state index contributed by atoms with van der Waals surface area (Å²) in [5.41, 5.74) is -1.60. The van der Waals surface area contributed by atoms with Crippen LogP contribution in [0.3, 0.4) is 0 Å². The number of carbonyl (C=O) groups is 4. The second-order valence-electron chi connectivity index (χ2n) is 9.69. The quantitative estimate of drug-likeness (QED) is 0.127. The highest BCUT2D eigenvalue weighted by Gasteiger charge is 2.27. The summed E-state index contributed by atoms with van der Waals surface area (Å²) in [6.45, 7) is 0.0218. The van der Waals surface area contributed by atoms with Crippen molar-refractivity contribution >= 4 is 33.7 Å². The fourth-order valence-electron chi connectivity index (χ4n) is 4.47. The SMILES string of the molecule is O=C(O)c1ccc(Oc2ccccc2S(=O)(=O)c2ccccc2Oc2ccc(C(=O)NCc3ccco3)c(C(=O)O)c2)cc1C(=O)O. The Kier molecular flexibility index (Phi) is 9.05. The van der Waals surface area contributed by atoms with E-state index in [2.05, 4.69) is 5.32 Å². The zero-order chi connectivity index (χ0) is 33.7. The summed E-state index contributed by atoms with van der Waals surface area (Å²) in [4.78, 5) is 47.2. The van der Waals surface area contributed by atoms with Crippen LogP contribution in [0.1, 0.15) is 47.2 Å². The average molecular weight is 658 g/mol. The molecule has 0 atom stereocenters. The number of benzene rings is 4. The first-order chi connectivity index (χ1) is 22.5. The molecule has 14 heteroatoms. The van der Waals surface area contributed by atoms with Gasteiger partial charge >= 0.3 is 17.9 Å². The minimum Gasteiger partial charge on any atom is -0.478 e. The van der Waals surface area contributed by atoms with Crippen LogP contribution in [-0.2, 0) is 16.4 Å². The van der Waals surface area contributed by atoms with Crippen molar-refractivity contribution in [1.29, 1.82) is 0 Å². The van der Waals surface area contributed by atoms with E-state index < -0.39 is 50.3 Å². The molecule has 13 nitrogen and oxygen atoms in total. The topological polar surface area (TPSA) is 207 Å². The van der Waals surface area contributed by atoms with Gasteiger partial charge in [0.05, 0.1) is 35.1 Å². The highest BCUT2D eigenvalue weighted by atomic mass is 32.2. The van der Waals surface area contributed by atoms with Crippen molar-refractivity contribution < 1.29 is 56.8 Å². The molecule has 5 rings (SSSR count). The number of carbonyl (C=O) groups excluding carboxylic acids is 1. The summed E-state index contributed by atoms with van der Waals surface area (Å²) < 4.78 is 44.7. The Morgan fingerprint density at radius 2 is 1.11 bits per heavy atom. The molecule has 238 valence electrons. The van der Waals surface area contributed by atoms with Crippen LogP contribution >= 0.6 is 0 Å². The van der Waals surface area contributed by atoms with Gasteiger partial charge in [0.2, 0.25) is 9.84 Å². The second kappa shape index (κ2) is 13.3. The van der Waals surface area contributed by atoms with Crippen LogP contribution in [0.5, 0.6) is 23.0 Å². The number of ether oxygens (including phenoxy) is 2. The van der Waals surface area contributed by atoms with Gasteiger partial charge in [-0.15, -0.1) is 0 Å². The Labute approximate surface area is 266 Å². The number of hydrogen-bond donors (Lipinski definition) is 4. The molecule has 0 bridgehead atoms. The van der Waals surface area contributed by atoms with Crippen LogP contribution < -0.4 is 14.8 Å². The largest absolute Gasteiger partial charge is 0.478 e. The Morgan fingerprint density at radius 3 is 1.60 bits per heavy atom.